The van der Waals surface area contributed by atoms with Crippen molar-refractivity contribution in [3.8, 4) is 34.5 Å². The monoisotopic (exact) mass is 513 g/mol. The Morgan fingerprint density at radius 1 is 1.19 bits per heavy atom. The zero-order valence-corrected chi connectivity index (χ0v) is 20.9. The van der Waals surface area contributed by atoms with Crippen molar-refractivity contribution in [3.05, 3.63) is 64.6 Å². The van der Waals surface area contributed by atoms with Crippen LogP contribution < -0.4 is 5.32 Å². The van der Waals surface area contributed by atoms with E-state index >= 15 is 4.39 Å². The van der Waals surface area contributed by atoms with Crippen molar-refractivity contribution in [1.29, 1.82) is 0 Å². The van der Waals surface area contributed by atoms with Gasteiger partial charge in [0.2, 0.25) is 5.69 Å². The Kier molecular flexibility index (Phi) is 8.22. The van der Waals surface area contributed by atoms with Crippen LogP contribution >= 0.6 is 11.6 Å². The maximum Gasteiger partial charge on any atom is 0.408 e. The number of rotatable bonds is 5. The number of hydrogen-bond donors (Lipinski definition) is 2. The first-order valence-corrected chi connectivity index (χ1v) is 11.4. The molecule has 0 radical (unpaired) electrons. The van der Waals surface area contributed by atoms with Crippen LogP contribution in [0.25, 0.3) is 16.9 Å². The number of hydrogen-bond acceptors (Lipinski definition) is 6. The molecule has 0 saturated carbocycles. The molecule has 10 heteroatoms. The Balaban J connectivity index is 1.92. The number of halogens is 2. The van der Waals surface area contributed by atoms with Crippen molar-refractivity contribution >= 4 is 23.7 Å². The van der Waals surface area contributed by atoms with Crippen molar-refractivity contribution in [2.24, 2.45) is 0 Å². The Bertz CT molecular complexity index is 1330. The molecule has 1 heterocycles. The quantitative estimate of drug-likeness (QED) is 0.364. The van der Waals surface area contributed by atoms with Crippen LogP contribution in [-0.2, 0) is 9.47 Å². The molecule has 0 aliphatic heterocycles. The van der Waals surface area contributed by atoms with Gasteiger partial charge in [0.15, 0.2) is 5.75 Å². The molecule has 2 aromatic carbocycles. The highest BCUT2D eigenvalue weighted by Gasteiger charge is 2.26. The molecular formula is C26H25ClFN3O5. The highest BCUT2D eigenvalue weighted by atomic mass is 35.5. The topological polar surface area (TPSA) is 103 Å². The number of carbonyl (C=O) groups is 2. The van der Waals surface area contributed by atoms with Crippen molar-refractivity contribution in [2.75, 3.05) is 13.2 Å². The van der Waals surface area contributed by atoms with E-state index in [4.69, 9.17) is 21.1 Å². The van der Waals surface area contributed by atoms with Crippen LogP contribution in [0.5, 0.6) is 5.75 Å². The number of nitrogens with one attached hydrogen (secondary N) is 1. The van der Waals surface area contributed by atoms with E-state index in [0.717, 1.165) is 4.68 Å². The zero-order valence-electron chi connectivity index (χ0n) is 20.2. The Morgan fingerprint density at radius 3 is 2.50 bits per heavy atom. The minimum absolute atomic E-state index is 0.00886. The fourth-order valence-corrected chi connectivity index (χ4v) is 3.25. The average molecular weight is 514 g/mol. The standard InChI is InChI=1S/C26H25ClFN3O5/c1-5-35-24(33)21-23(32)22(17-9-11-18(27)12-10-17)31(30-21)20-13-8-16(15-19(20)28)7-6-14-29-25(34)36-26(2,3)4/h8-13,15,32H,5,14H2,1-4H3,(H,29,34). The van der Waals surface area contributed by atoms with Crippen LogP contribution in [0, 0.1) is 17.7 Å². The summed E-state index contributed by atoms with van der Waals surface area (Å²) in [6.45, 7) is 6.94. The molecule has 0 fully saturated rings. The molecule has 0 unspecified atom stereocenters. The average Bonchev–Trinajstić information content (AvgIpc) is 3.13. The number of nitrogens with zero attached hydrogens (tertiary/aromatic N) is 2. The summed E-state index contributed by atoms with van der Waals surface area (Å²) in [6.07, 6.45) is -0.607. The number of amides is 1. The first-order chi connectivity index (χ1) is 17.0. The molecule has 3 aromatic rings. The van der Waals surface area contributed by atoms with Gasteiger partial charge in [0.25, 0.3) is 0 Å². The van der Waals surface area contributed by atoms with Gasteiger partial charge in [-0.15, -0.1) is 0 Å². The number of benzene rings is 2. The van der Waals surface area contributed by atoms with Crippen molar-refractivity contribution in [2.45, 2.75) is 33.3 Å². The zero-order chi connectivity index (χ0) is 26.5. The third-order valence-electron chi connectivity index (χ3n) is 4.58. The summed E-state index contributed by atoms with van der Waals surface area (Å²) in [5.74, 6) is 3.49. The van der Waals surface area contributed by atoms with E-state index in [1.54, 1.807) is 58.0 Å². The van der Waals surface area contributed by atoms with Gasteiger partial charge in [0, 0.05) is 16.1 Å². The molecule has 0 aliphatic carbocycles. The molecule has 1 aromatic heterocycles. The van der Waals surface area contributed by atoms with Gasteiger partial charge >= 0.3 is 12.1 Å². The lowest BCUT2D eigenvalue weighted by Gasteiger charge is -2.19. The molecule has 36 heavy (non-hydrogen) atoms. The normalized spacial score (nSPS) is 10.8. The van der Waals surface area contributed by atoms with E-state index in [1.165, 1.54) is 12.1 Å². The second kappa shape index (κ2) is 11.1. The van der Waals surface area contributed by atoms with Crippen LogP contribution in [0.15, 0.2) is 42.5 Å². The maximum absolute atomic E-state index is 15.2. The molecule has 0 saturated heterocycles. The van der Waals surface area contributed by atoms with Gasteiger partial charge in [-0.05, 0) is 58.0 Å². The van der Waals surface area contributed by atoms with Gasteiger partial charge in [0.05, 0.1) is 13.2 Å². The van der Waals surface area contributed by atoms with E-state index < -0.39 is 29.2 Å². The van der Waals surface area contributed by atoms with Gasteiger partial charge in [-0.2, -0.15) is 5.10 Å². The molecule has 1 amide bonds. The predicted octanol–water partition coefficient (Wildman–Crippen LogP) is 5.09. The summed E-state index contributed by atoms with van der Waals surface area (Å²) in [6, 6.07) is 10.6. The lowest BCUT2D eigenvalue weighted by molar-refractivity contribution is 0.0511. The van der Waals surface area contributed by atoms with E-state index in [9.17, 15) is 14.7 Å². The summed E-state index contributed by atoms with van der Waals surface area (Å²) in [4.78, 5) is 24.0. The summed E-state index contributed by atoms with van der Waals surface area (Å²) in [5.41, 5.74) is -0.112. The second-order valence-corrected chi connectivity index (χ2v) is 8.94. The smallest absolute Gasteiger partial charge is 0.408 e. The van der Waals surface area contributed by atoms with Gasteiger partial charge in [-0.25, -0.2) is 18.7 Å². The second-order valence-electron chi connectivity index (χ2n) is 8.51. The fraction of sp³-hybridized carbons (Fsp3) is 0.269. The van der Waals surface area contributed by atoms with Gasteiger partial charge in [-0.1, -0.05) is 35.6 Å². The van der Waals surface area contributed by atoms with Crippen molar-refractivity contribution < 1.29 is 28.6 Å². The molecule has 8 nitrogen and oxygen atoms in total. The number of alkyl carbamates (subject to hydrolysis) is 1. The molecule has 3 rings (SSSR count). The molecule has 188 valence electrons. The Morgan fingerprint density at radius 2 is 1.89 bits per heavy atom. The predicted molar refractivity (Wildman–Crippen MR) is 133 cm³/mol. The molecule has 0 aliphatic rings. The minimum atomic E-state index is -0.843. The summed E-state index contributed by atoms with van der Waals surface area (Å²) in [7, 11) is 0. The van der Waals surface area contributed by atoms with Crippen molar-refractivity contribution in [3.63, 3.8) is 0 Å². The fourth-order valence-electron chi connectivity index (χ4n) is 3.12. The van der Waals surface area contributed by atoms with E-state index in [2.05, 4.69) is 22.3 Å². The van der Waals surface area contributed by atoms with E-state index in [-0.39, 0.29) is 30.2 Å². The van der Waals surface area contributed by atoms with E-state index in [0.29, 0.717) is 16.1 Å². The third kappa shape index (κ3) is 6.55. The van der Waals surface area contributed by atoms with Crippen LogP contribution in [0.4, 0.5) is 9.18 Å². The first kappa shape index (κ1) is 26.6. The SMILES string of the molecule is CCOC(=O)c1nn(-c2ccc(C#CCNC(=O)OC(C)(C)C)cc2F)c(-c2ccc(Cl)cc2)c1O. The number of esters is 1. The largest absolute Gasteiger partial charge is 0.504 e. The van der Waals surface area contributed by atoms with Crippen LogP contribution in [0.1, 0.15) is 43.7 Å². The van der Waals surface area contributed by atoms with Gasteiger partial charge in [-0.3, -0.25) is 0 Å². The molecule has 2 N–H and O–H groups in total. The highest BCUT2D eigenvalue weighted by molar-refractivity contribution is 6.30. The molecule has 0 bridgehead atoms. The number of aromatic hydroxyl groups is 1. The van der Waals surface area contributed by atoms with E-state index in [1.807, 2.05) is 0 Å². The Hall–Kier alpha value is -4.03. The Labute approximate surface area is 213 Å². The van der Waals surface area contributed by atoms with Crippen LogP contribution in [0.2, 0.25) is 5.02 Å². The third-order valence-corrected chi connectivity index (χ3v) is 4.83. The lowest BCUT2D eigenvalue weighted by atomic mass is 10.1. The highest BCUT2D eigenvalue weighted by Crippen LogP contribution is 2.36. The minimum Gasteiger partial charge on any atom is -0.504 e. The number of aromatic nitrogens is 2. The molecule has 0 atom stereocenters. The van der Waals surface area contributed by atoms with Gasteiger partial charge < -0.3 is 19.9 Å². The van der Waals surface area contributed by atoms with Crippen molar-refractivity contribution in [1.82, 2.24) is 15.1 Å². The number of ether oxygens (including phenoxy) is 2. The van der Waals surface area contributed by atoms with Crippen LogP contribution in [0.3, 0.4) is 0 Å². The summed E-state index contributed by atoms with van der Waals surface area (Å²) >= 11 is 5.97. The summed E-state index contributed by atoms with van der Waals surface area (Å²) in [5, 5.41) is 17.9. The molecule has 0 spiro atoms. The number of carbonyl (C=O) groups excluding carboxylic acids is 2. The lowest BCUT2D eigenvalue weighted by Crippen LogP contribution is -2.32. The first-order valence-electron chi connectivity index (χ1n) is 11.0. The molecular weight excluding hydrogens is 489 g/mol. The van der Waals surface area contributed by atoms with Crippen LogP contribution in [-0.4, -0.2) is 45.7 Å². The summed E-state index contributed by atoms with van der Waals surface area (Å²) < 4.78 is 26.4. The maximum atomic E-state index is 15.2. The van der Waals surface area contributed by atoms with Gasteiger partial charge in [0.1, 0.15) is 22.8 Å².